The Bertz CT molecular complexity index is 976. The largest absolute Gasteiger partial charge is 0.507 e. The molecule has 0 aliphatic carbocycles. The molecule has 2 aliphatic heterocycles. The van der Waals surface area contributed by atoms with Gasteiger partial charge in [0.1, 0.15) is 53.9 Å². The lowest BCUT2D eigenvalue weighted by molar-refractivity contribution is -0.232. The number of rotatable bonds is 3. The fourth-order valence-corrected chi connectivity index (χ4v) is 3.99. The van der Waals surface area contributed by atoms with Gasteiger partial charge in [0.25, 0.3) is 0 Å². The number of hydrogen-bond acceptors (Lipinski definition) is 10. The van der Waals surface area contributed by atoms with Crippen molar-refractivity contribution in [3.8, 4) is 17.2 Å². The summed E-state index contributed by atoms with van der Waals surface area (Å²) in [5.74, 6) is -2.27. The first kappa shape index (κ1) is 21.5. The lowest BCUT2D eigenvalue weighted by Crippen LogP contribution is -2.55. The van der Waals surface area contributed by atoms with E-state index in [1.54, 1.807) is 30.3 Å². The first-order valence-corrected chi connectivity index (χ1v) is 9.58. The smallest absolute Gasteiger partial charge is 0.211 e. The molecule has 0 radical (unpaired) electrons. The van der Waals surface area contributed by atoms with Crippen LogP contribution in [0.2, 0.25) is 0 Å². The Kier molecular flexibility index (Phi) is 5.60. The average molecular weight is 434 g/mol. The number of phenols is 2. The first-order chi connectivity index (χ1) is 14.8. The Morgan fingerprint density at radius 3 is 2.16 bits per heavy atom. The normalized spacial score (nSPS) is 32.9. The van der Waals surface area contributed by atoms with Crippen LogP contribution in [0.3, 0.4) is 0 Å². The molecule has 31 heavy (non-hydrogen) atoms. The molecule has 0 saturated carbocycles. The predicted molar refractivity (Wildman–Crippen MR) is 102 cm³/mol. The van der Waals surface area contributed by atoms with Crippen LogP contribution in [0.25, 0.3) is 0 Å². The Labute approximate surface area is 176 Å². The molecule has 1 fully saturated rings. The summed E-state index contributed by atoms with van der Waals surface area (Å²) in [5, 5.41) is 71.5. The van der Waals surface area contributed by atoms with Crippen LogP contribution < -0.4 is 4.74 Å². The molecule has 10 heteroatoms. The van der Waals surface area contributed by atoms with Crippen molar-refractivity contribution in [2.24, 2.45) is 0 Å². The monoisotopic (exact) mass is 434 g/mol. The van der Waals surface area contributed by atoms with Gasteiger partial charge in [0.15, 0.2) is 6.10 Å². The van der Waals surface area contributed by atoms with Crippen LogP contribution in [-0.2, 0) is 9.53 Å². The molecular formula is C21H22O10. The molecule has 0 bridgehead atoms. The zero-order valence-corrected chi connectivity index (χ0v) is 16.1. The van der Waals surface area contributed by atoms with E-state index in [2.05, 4.69) is 0 Å². The highest BCUT2D eigenvalue weighted by Gasteiger charge is 2.48. The lowest BCUT2D eigenvalue weighted by atomic mass is 9.86. The maximum absolute atomic E-state index is 12.7. The number of Topliss-reactive ketones (excluding diaryl/α,β-unsaturated/α-hetero) is 1. The number of fused-ring (bicyclic) bond motifs is 1. The van der Waals surface area contributed by atoms with Gasteiger partial charge in [-0.15, -0.1) is 0 Å². The zero-order chi connectivity index (χ0) is 22.4. The van der Waals surface area contributed by atoms with Gasteiger partial charge >= 0.3 is 0 Å². The molecule has 2 aromatic rings. The van der Waals surface area contributed by atoms with E-state index in [1.165, 1.54) is 0 Å². The third-order valence-electron chi connectivity index (χ3n) is 5.63. The fourth-order valence-electron chi connectivity index (χ4n) is 3.99. The van der Waals surface area contributed by atoms with Gasteiger partial charge in [-0.2, -0.15) is 0 Å². The first-order valence-electron chi connectivity index (χ1n) is 9.58. The van der Waals surface area contributed by atoms with Crippen LogP contribution in [-0.4, -0.2) is 72.6 Å². The number of aromatic hydroxyl groups is 2. The average Bonchev–Trinajstić information content (AvgIpc) is 2.76. The second kappa shape index (κ2) is 8.08. The number of carbonyl (C=O) groups excluding carboxylic acids is 1. The van der Waals surface area contributed by atoms with Crippen LogP contribution >= 0.6 is 0 Å². The van der Waals surface area contributed by atoms with Crippen LogP contribution in [0.5, 0.6) is 17.2 Å². The maximum Gasteiger partial charge on any atom is 0.211 e. The minimum absolute atomic E-state index is 0.253. The number of ether oxygens (including phenoxy) is 2. The zero-order valence-electron chi connectivity index (χ0n) is 16.1. The Morgan fingerprint density at radius 1 is 0.871 bits per heavy atom. The summed E-state index contributed by atoms with van der Waals surface area (Å²) in [5.41, 5.74) is -0.182. The number of ketones is 1. The number of hydrogen-bond donors (Lipinski definition) is 7. The molecule has 7 N–H and O–H groups in total. The highest BCUT2D eigenvalue weighted by atomic mass is 16.5. The summed E-state index contributed by atoms with van der Waals surface area (Å²) >= 11 is 0. The van der Waals surface area contributed by atoms with E-state index in [9.17, 15) is 40.5 Å². The van der Waals surface area contributed by atoms with E-state index >= 15 is 0 Å². The number of aliphatic hydroxyl groups excluding tert-OH is 5. The Hall–Kier alpha value is -2.73. The Morgan fingerprint density at radius 2 is 1.52 bits per heavy atom. The predicted octanol–water partition coefficient (Wildman–Crippen LogP) is -0.651. The lowest BCUT2D eigenvalue weighted by Gasteiger charge is -2.41. The molecule has 1 saturated heterocycles. The van der Waals surface area contributed by atoms with Crippen molar-refractivity contribution in [2.45, 2.75) is 42.7 Å². The summed E-state index contributed by atoms with van der Waals surface area (Å²) in [6, 6.07) is 9.07. The third kappa shape index (κ3) is 3.43. The van der Waals surface area contributed by atoms with Crippen LogP contribution in [0.4, 0.5) is 0 Å². The topological polar surface area (TPSA) is 177 Å². The molecule has 4 rings (SSSR count). The summed E-state index contributed by atoms with van der Waals surface area (Å²) in [6.45, 7) is -0.697. The SMILES string of the molecule is O=C1C(O)c2c(O)cc(O)c(C3O[C@H](CO)[C@@H](O)[C@H](O)[C@H]3O)c2OC1c1ccccc1. The standard InChI is InChI=1S/C21H22O10/c22-7-11-14(25)16(27)18(29)21(30-11)13-10(24)6-9(23)12-15(26)17(28)19(31-20(12)13)8-4-2-1-3-5-8/h1-6,11,14-16,18-19,21-27,29H,7H2/t11-,14-,15?,16+,18-,19?,21?/m1/s1. The molecule has 10 nitrogen and oxygen atoms in total. The molecule has 7 atom stereocenters. The van der Waals surface area contributed by atoms with Crippen molar-refractivity contribution in [3.05, 3.63) is 53.1 Å². The molecule has 0 amide bonds. The van der Waals surface area contributed by atoms with E-state index in [-0.39, 0.29) is 16.9 Å². The number of phenolic OH excluding ortho intramolecular Hbond substituents is 2. The van der Waals surface area contributed by atoms with Crippen LogP contribution in [0, 0.1) is 0 Å². The molecule has 2 aliphatic rings. The molecule has 2 aromatic carbocycles. The second-order valence-electron chi connectivity index (χ2n) is 7.53. The van der Waals surface area contributed by atoms with Crippen molar-refractivity contribution in [2.75, 3.05) is 6.61 Å². The second-order valence-corrected chi connectivity index (χ2v) is 7.53. The number of benzene rings is 2. The van der Waals surface area contributed by atoms with Gasteiger partial charge in [-0.25, -0.2) is 0 Å². The van der Waals surface area contributed by atoms with E-state index < -0.39 is 66.6 Å². The van der Waals surface area contributed by atoms with Gasteiger partial charge in [0, 0.05) is 6.07 Å². The van der Waals surface area contributed by atoms with Gasteiger partial charge in [-0.3, -0.25) is 4.79 Å². The maximum atomic E-state index is 12.7. The van der Waals surface area contributed by atoms with Gasteiger partial charge in [0.05, 0.1) is 17.7 Å². The highest BCUT2D eigenvalue weighted by Crippen LogP contribution is 2.52. The van der Waals surface area contributed by atoms with Crippen molar-refractivity contribution in [1.29, 1.82) is 0 Å². The van der Waals surface area contributed by atoms with Crippen LogP contribution in [0.15, 0.2) is 36.4 Å². The molecule has 2 heterocycles. The van der Waals surface area contributed by atoms with Gasteiger partial charge in [-0.05, 0) is 5.56 Å². The Balaban J connectivity index is 1.86. The minimum Gasteiger partial charge on any atom is -0.507 e. The van der Waals surface area contributed by atoms with Crippen molar-refractivity contribution >= 4 is 5.78 Å². The third-order valence-corrected chi connectivity index (χ3v) is 5.63. The number of carbonyl (C=O) groups is 1. The molecule has 0 aromatic heterocycles. The molecule has 166 valence electrons. The van der Waals surface area contributed by atoms with E-state index in [0.717, 1.165) is 6.07 Å². The summed E-state index contributed by atoms with van der Waals surface area (Å²) in [7, 11) is 0. The van der Waals surface area contributed by atoms with E-state index in [0.29, 0.717) is 5.56 Å². The van der Waals surface area contributed by atoms with Crippen molar-refractivity contribution < 1.29 is 50.0 Å². The van der Waals surface area contributed by atoms with Crippen LogP contribution in [0.1, 0.15) is 35.0 Å². The number of aliphatic hydroxyl groups is 5. The van der Waals surface area contributed by atoms with Gasteiger partial charge < -0.3 is 45.2 Å². The molecule has 3 unspecified atom stereocenters. The summed E-state index contributed by atoms with van der Waals surface area (Å²) < 4.78 is 11.3. The van der Waals surface area contributed by atoms with Gasteiger partial charge in [0.2, 0.25) is 5.78 Å². The molecule has 0 spiro atoms. The highest BCUT2D eigenvalue weighted by molar-refractivity contribution is 5.93. The summed E-state index contributed by atoms with van der Waals surface area (Å²) in [4.78, 5) is 12.7. The van der Waals surface area contributed by atoms with Gasteiger partial charge in [-0.1, -0.05) is 30.3 Å². The van der Waals surface area contributed by atoms with E-state index in [1.807, 2.05) is 0 Å². The quantitative estimate of drug-likeness (QED) is 0.328. The fraction of sp³-hybridized carbons (Fsp3) is 0.381. The summed E-state index contributed by atoms with van der Waals surface area (Å²) in [6.07, 6.45) is -11.0. The van der Waals surface area contributed by atoms with E-state index in [4.69, 9.17) is 9.47 Å². The minimum atomic E-state index is -1.81. The molecular weight excluding hydrogens is 412 g/mol. The van der Waals surface area contributed by atoms with Crippen molar-refractivity contribution in [3.63, 3.8) is 0 Å². The van der Waals surface area contributed by atoms with Crippen molar-refractivity contribution in [1.82, 2.24) is 0 Å².